The van der Waals surface area contributed by atoms with E-state index in [1.165, 1.54) is 0 Å². The van der Waals surface area contributed by atoms with Crippen molar-refractivity contribution in [2.45, 2.75) is 34.5 Å². The highest BCUT2D eigenvalue weighted by Crippen LogP contribution is 2.43. The number of hydrogen-bond acceptors (Lipinski definition) is 5. The van der Waals surface area contributed by atoms with Crippen LogP contribution in [-0.4, -0.2) is 44.9 Å². The van der Waals surface area contributed by atoms with Gasteiger partial charge in [0.05, 0.1) is 9.16 Å². The van der Waals surface area contributed by atoms with Crippen molar-refractivity contribution in [2.75, 3.05) is 25.0 Å². The lowest BCUT2D eigenvalue weighted by molar-refractivity contribution is 0.0651. The zero-order chi connectivity index (χ0) is 11.9. The van der Waals surface area contributed by atoms with Crippen molar-refractivity contribution >= 4 is 47.0 Å². The fourth-order valence-corrected chi connectivity index (χ4v) is 6.29. The van der Waals surface area contributed by atoms with Crippen LogP contribution in [0.15, 0.2) is 0 Å². The van der Waals surface area contributed by atoms with E-state index < -0.39 is 5.60 Å². The van der Waals surface area contributed by atoms with Crippen molar-refractivity contribution < 1.29 is 5.11 Å². The van der Waals surface area contributed by atoms with Gasteiger partial charge in [0.25, 0.3) is 0 Å². The molecule has 92 valence electrons. The Morgan fingerprint density at radius 3 is 1.47 bits per heavy atom. The average molecular weight is 287 g/mol. The van der Waals surface area contributed by atoms with Crippen molar-refractivity contribution in [3.05, 3.63) is 0 Å². The molecule has 0 rings (SSSR count). The fourth-order valence-electron chi connectivity index (χ4n) is 1.76. The van der Waals surface area contributed by atoms with Crippen LogP contribution >= 0.6 is 47.0 Å². The first-order valence-corrected chi connectivity index (χ1v) is 10.1. The van der Waals surface area contributed by atoms with Crippen molar-refractivity contribution in [3.8, 4) is 0 Å². The predicted molar refractivity (Wildman–Crippen MR) is 81.5 cm³/mol. The first-order chi connectivity index (χ1) is 7.10. The molecule has 5 heteroatoms. The number of rotatable bonds is 8. The summed E-state index contributed by atoms with van der Waals surface area (Å²) in [6.45, 7) is 2.14. The van der Waals surface area contributed by atoms with Crippen LogP contribution in [0.1, 0.15) is 19.8 Å². The zero-order valence-corrected chi connectivity index (χ0v) is 13.4. The molecular weight excluding hydrogens is 264 g/mol. The summed E-state index contributed by atoms with van der Waals surface area (Å²) < 4.78 is 0.532. The van der Waals surface area contributed by atoms with Crippen molar-refractivity contribution in [1.82, 2.24) is 0 Å². The van der Waals surface area contributed by atoms with Gasteiger partial charge in [-0.3, -0.25) is 0 Å². The van der Waals surface area contributed by atoms with Gasteiger partial charge in [0.1, 0.15) is 5.60 Å². The van der Waals surface area contributed by atoms with Gasteiger partial charge >= 0.3 is 0 Å². The Labute approximate surface area is 111 Å². The summed E-state index contributed by atoms with van der Waals surface area (Å²) in [5.41, 5.74) is -0.563. The van der Waals surface area contributed by atoms with Crippen LogP contribution in [0.5, 0.6) is 0 Å². The van der Waals surface area contributed by atoms with E-state index in [4.69, 9.17) is 0 Å². The first-order valence-electron chi connectivity index (χ1n) is 4.94. The average Bonchev–Trinajstić information content (AvgIpc) is 2.21. The molecule has 0 saturated carbocycles. The lowest BCUT2D eigenvalue weighted by Crippen LogP contribution is -2.46. The topological polar surface area (TPSA) is 20.2 Å². The van der Waals surface area contributed by atoms with Gasteiger partial charge in [0, 0.05) is 0 Å². The molecule has 0 aromatic carbocycles. The van der Waals surface area contributed by atoms with Crippen molar-refractivity contribution in [1.29, 1.82) is 0 Å². The highest BCUT2D eigenvalue weighted by molar-refractivity contribution is 8.18. The molecule has 15 heavy (non-hydrogen) atoms. The summed E-state index contributed by atoms with van der Waals surface area (Å²) in [5, 5.41) is 10.8. The standard InChI is InChI=1S/C10H22OS4/c1-6-7-10(11,8(12-2)13-3)9(14-4)15-5/h8-9,11H,6-7H2,1-5H3. The molecule has 0 atom stereocenters. The third-order valence-corrected chi connectivity index (χ3v) is 7.98. The van der Waals surface area contributed by atoms with Crippen LogP contribution in [-0.2, 0) is 0 Å². The molecule has 0 heterocycles. The Bertz CT molecular complexity index is 146. The molecule has 1 N–H and O–H groups in total. The van der Waals surface area contributed by atoms with Crippen molar-refractivity contribution in [2.24, 2.45) is 0 Å². The van der Waals surface area contributed by atoms with E-state index in [1.807, 2.05) is 0 Å². The third kappa shape index (κ3) is 4.26. The molecule has 0 aromatic heterocycles. The van der Waals surface area contributed by atoms with E-state index in [-0.39, 0.29) is 9.16 Å². The van der Waals surface area contributed by atoms with Crippen LogP contribution in [0.4, 0.5) is 0 Å². The lowest BCUT2D eigenvalue weighted by atomic mass is 10.0. The van der Waals surface area contributed by atoms with Crippen LogP contribution in [0.3, 0.4) is 0 Å². The van der Waals surface area contributed by atoms with E-state index in [1.54, 1.807) is 47.0 Å². The monoisotopic (exact) mass is 286 g/mol. The molecule has 0 spiro atoms. The van der Waals surface area contributed by atoms with Gasteiger partial charge in [-0.25, -0.2) is 0 Å². The van der Waals surface area contributed by atoms with Crippen LogP contribution in [0, 0.1) is 0 Å². The highest BCUT2D eigenvalue weighted by atomic mass is 32.2. The van der Waals surface area contributed by atoms with E-state index in [0.717, 1.165) is 12.8 Å². The quantitative estimate of drug-likeness (QED) is 0.686. The molecular formula is C10H22OS4. The van der Waals surface area contributed by atoms with Crippen molar-refractivity contribution in [3.63, 3.8) is 0 Å². The number of hydrogen-bond donors (Lipinski definition) is 1. The second-order valence-corrected chi connectivity index (χ2v) is 7.72. The summed E-state index contributed by atoms with van der Waals surface area (Å²) in [6, 6.07) is 0. The number of aliphatic hydroxyl groups is 1. The molecule has 0 amide bonds. The Hall–Kier alpha value is 1.36. The molecule has 0 bridgehead atoms. The van der Waals surface area contributed by atoms with Crippen LogP contribution in [0.25, 0.3) is 0 Å². The zero-order valence-electron chi connectivity index (χ0n) is 10.1. The molecule has 0 aliphatic carbocycles. The molecule has 0 aliphatic heterocycles. The first kappa shape index (κ1) is 16.4. The maximum absolute atomic E-state index is 10.8. The van der Waals surface area contributed by atoms with E-state index >= 15 is 0 Å². The van der Waals surface area contributed by atoms with Gasteiger partial charge < -0.3 is 5.11 Å². The SMILES string of the molecule is CCCC(O)(C(SC)SC)C(SC)SC. The third-order valence-electron chi connectivity index (χ3n) is 2.32. The van der Waals surface area contributed by atoms with Crippen LogP contribution < -0.4 is 0 Å². The molecule has 0 saturated heterocycles. The Balaban J connectivity index is 4.82. The second kappa shape index (κ2) is 8.45. The fraction of sp³-hybridized carbons (Fsp3) is 1.00. The maximum Gasteiger partial charge on any atom is 0.106 e. The molecule has 0 aromatic rings. The van der Waals surface area contributed by atoms with Gasteiger partial charge in [-0.2, -0.15) is 0 Å². The minimum absolute atomic E-state index is 0.266. The largest absolute Gasteiger partial charge is 0.386 e. The summed E-state index contributed by atoms with van der Waals surface area (Å²) >= 11 is 7.05. The van der Waals surface area contributed by atoms with E-state index in [0.29, 0.717) is 0 Å². The summed E-state index contributed by atoms with van der Waals surface area (Å²) in [4.78, 5) is 0. The van der Waals surface area contributed by atoms with Gasteiger partial charge in [-0.05, 0) is 31.4 Å². The smallest absolute Gasteiger partial charge is 0.106 e. The maximum atomic E-state index is 10.8. The molecule has 1 nitrogen and oxygen atoms in total. The summed E-state index contributed by atoms with van der Waals surface area (Å²) in [6.07, 6.45) is 10.2. The molecule has 0 unspecified atom stereocenters. The highest BCUT2D eigenvalue weighted by Gasteiger charge is 2.42. The van der Waals surface area contributed by atoms with E-state index in [2.05, 4.69) is 31.9 Å². The van der Waals surface area contributed by atoms with Gasteiger partial charge in [-0.15, -0.1) is 47.0 Å². The molecule has 0 aliphatic rings. The van der Waals surface area contributed by atoms with Crippen LogP contribution in [0.2, 0.25) is 0 Å². The Morgan fingerprint density at radius 2 is 1.27 bits per heavy atom. The molecule has 0 fully saturated rings. The van der Waals surface area contributed by atoms with E-state index in [9.17, 15) is 5.11 Å². The minimum atomic E-state index is -0.563. The predicted octanol–water partition coefficient (Wildman–Crippen LogP) is 3.62. The Kier molecular flexibility index (Phi) is 9.22. The van der Waals surface area contributed by atoms with Gasteiger partial charge in [-0.1, -0.05) is 13.3 Å². The lowest BCUT2D eigenvalue weighted by Gasteiger charge is -2.39. The summed E-state index contributed by atoms with van der Waals surface area (Å²) in [5.74, 6) is 0. The Morgan fingerprint density at radius 1 is 0.933 bits per heavy atom. The normalized spacial score (nSPS) is 12.8. The van der Waals surface area contributed by atoms with Gasteiger partial charge in [0.15, 0.2) is 0 Å². The second-order valence-electron chi connectivity index (χ2n) is 3.35. The van der Waals surface area contributed by atoms with Gasteiger partial charge in [0.2, 0.25) is 0 Å². The number of thioether (sulfide) groups is 4. The summed E-state index contributed by atoms with van der Waals surface area (Å²) in [7, 11) is 0. The molecule has 0 radical (unpaired) electrons. The minimum Gasteiger partial charge on any atom is -0.386 e.